The van der Waals surface area contributed by atoms with Gasteiger partial charge in [0.1, 0.15) is 6.61 Å². The SMILES string of the molecule is O=C(NCCc1cccs1)NCc1ccc(COCC(F)(F)F)cc1. The Labute approximate surface area is 148 Å². The van der Waals surface area contributed by atoms with Gasteiger partial charge in [-0.15, -0.1) is 11.3 Å². The van der Waals surface area contributed by atoms with E-state index in [9.17, 15) is 18.0 Å². The summed E-state index contributed by atoms with van der Waals surface area (Å²) in [5.74, 6) is 0. The van der Waals surface area contributed by atoms with Crippen LogP contribution < -0.4 is 10.6 Å². The topological polar surface area (TPSA) is 50.4 Å². The van der Waals surface area contributed by atoms with Gasteiger partial charge in [-0.1, -0.05) is 30.3 Å². The number of nitrogens with one attached hydrogen (secondary N) is 2. The molecule has 0 unspecified atom stereocenters. The van der Waals surface area contributed by atoms with Crippen LogP contribution >= 0.6 is 11.3 Å². The van der Waals surface area contributed by atoms with E-state index in [4.69, 9.17) is 0 Å². The summed E-state index contributed by atoms with van der Waals surface area (Å²) in [7, 11) is 0. The quantitative estimate of drug-likeness (QED) is 0.739. The molecular formula is C17H19F3N2O2S. The molecule has 0 atom stereocenters. The standard InChI is InChI=1S/C17H19F3N2O2S/c18-17(19,20)12-24-11-14-5-3-13(4-6-14)10-22-16(23)21-8-7-15-2-1-9-25-15/h1-6,9H,7-8,10-12H2,(H2,21,22,23). The first kappa shape index (κ1) is 19.3. The normalized spacial score (nSPS) is 11.3. The van der Waals surface area contributed by atoms with Crippen molar-refractivity contribution in [3.05, 3.63) is 57.8 Å². The number of hydrogen-bond donors (Lipinski definition) is 2. The number of rotatable bonds is 8. The molecule has 1 heterocycles. The Kier molecular flexibility index (Phi) is 7.27. The maximum atomic E-state index is 12.0. The molecule has 0 saturated heterocycles. The number of benzene rings is 1. The minimum atomic E-state index is -4.32. The number of thiophene rings is 1. The number of halogens is 3. The number of carbonyl (C=O) groups is 1. The van der Waals surface area contributed by atoms with Gasteiger partial charge in [-0.2, -0.15) is 13.2 Å². The van der Waals surface area contributed by atoms with Crippen LogP contribution in [0.1, 0.15) is 16.0 Å². The van der Waals surface area contributed by atoms with Crippen LogP contribution in [-0.4, -0.2) is 25.4 Å². The van der Waals surface area contributed by atoms with Crippen molar-refractivity contribution in [1.29, 1.82) is 0 Å². The maximum absolute atomic E-state index is 12.0. The van der Waals surface area contributed by atoms with E-state index in [1.54, 1.807) is 35.6 Å². The van der Waals surface area contributed by atoms with Crippen LogP contribution in [0.2, 0.25) is 0 Å². The minimum Gasteiger partial charge on any atom is -0.367 e. The fraction of sp³-hybridized carbons (Fsp3) is 0.353. The summed E-state index contributed by atoms with van der Waals surface area (Å²) >= 11 is 1.65. The zero-order valence-electron chi connectivity index (χ0n) is 13.4. The van der Waals surface area contributed by atoms with Crippen molar-refractivity contribution in [2.24, 2.45) is 0 Å². The van der Waals surface area contributed by atoms with Crippen molar-refractivity contribution in [3.63, 3.8) is 0 Å². The fourth-order valence-electron chi connectivity index (χ4n) is 2.04. The molecule has 0 aliphatic heterocycles. The van der Waals surface area contributed by atoms with Gasteiger partial charge >= 0.3 is 12.2 Å². The first-order chi connectivity index (χ1) is 11.9. The van der Waals surface area contributed by atoms with Gasteiger partial charge in [0.25, 0.3) is 0 Å². The molecule has 4 nitrogen and oxygen atoms in total. The summed E-state index contributed by atoms with van der Waals surface area (Å²) in [6.45, 7) is -0.464. The van der Waals surface area contributed by atoms with Crippen molar-refractivity contribution < 1.29 is 22.7 Å². The predicted molar refractivity (Wildman–Crippen MR) is 90.4 cm³/mol. The molecule has 136 valence electrons. The van der Waals surface area contributed by atoms with Gasteiger partial charge in [-0.25, -0.2) is 4.79 Å². The first-order valence-electron chi connectivity index (χ1n) is 7.69. The highest BCUT2D eigenvalue weighted by atomic mass is 32.1. The largest absolute Gasteiger partial charge is 0.411 e. The van der Waals surface area contributed by atoms with Gasteiger partial charge in [0, 0.05) is 18.0 Å². The summed E-state index contributed by atoms with van der Waals surface area (Å²) in [6, 6.07) is 10.6. The summed E-state index contributed by atoms with van der Waals surface area (Å²) in [5, 5.41) is 7.50. The molecule has 2 N–H and O–H groups in total. The van der Waals surface area contributed by atoms with Crippen molar-refractivity contribution in [1.82, 2.24) is 10.6 Å². The lowest BCUT2D eigenvalue weighted by molar-refractivity contribution is -0.176. The van der Waals surface area contributed by atoms with Gasteiger partial charge < -0.3 is 15.4 Å². The zero-order valence-corrected chi connectivity index (χ0v) is 14.3. The Morgan fingerprint density at radius 2 is 1.80 bits per heavy atom. The molecule has 0 spiro atoms. The monoisotopic (exact) mass is 372 g/mol. The van der Waals surface area contributed by atoms with E-state index in [1.165, 1.54) is 4.88 Å². The van der Waals surface area contributed by atoms with Crippen LogP contribution in [0.25, 0.3) is 0 Å². The third-order valence-electron chi connectivity index (χ3n) is 3.25. The predicted octanol–water partition coefficient (Wildman–Crippen LogP) is 3.87. The minimum absolute atomic E-state index is 0.101. The number of amides is 2. The molecule has 0 bridgehead atoms. The summed E-state index contributed by atoms with van der Waals surface area (Å²) in [6.07, 6.45) is -3.53. The third-order valence-corrected chi connectivity index (χ3v) is 4.18. The van der Waals surface area contributed by atoms with E-state index in [0.29, 0.717) is 18.7 Å². The van der Waals surface area contributed by atoms with Crippen molar-refractivity contribution in [2.75, 3.05) is 13.2 Å². The second kappa shape index (κ2) is 9.43. The highest BCUT2D eigenvalue weighted by Crippen LogP contribution is 2.15. The van der Waals surface area contributed by atoms with E-state index in [0.717, 1.165) is 12.0 Å². The number of ether oxygens (including phenoxy) is 1. The molecule has 0 radical (unpaired) electrons. The van der Waals surface area contributed by atoms with Gasteiger partial charge in [-0.3, -0.25) is 0 Å². The van der Waals surface area contributed by atoms with Gasteiger partial charge in [0.15, 0.2) is 0 Å². The van der Waals surface area contributed by atoms with E-state index in [-0.39, 0.29) is 12.6 Å². The molecule has 2 amide bonds. The molecule has 2 aromatic rings. The van der Waals surface area contributed by atoms with Gasteiger partial charge in [0.05, 0.1) is 6.61 Å². The van der Waals surface area contributed by atoms with Crippen LogP contribution in [0, 0.1) is 0 Å². The smallest absolute Gasteiger partial charge is 0.367 e. The second-order valence-corrected chi connectivity index (χ2v) is 6.40. The van der Waals surface area contributed by atoms with Gasteiger partial charge in [-0.05, 0) is 29.0 Å². The lowest BCUT2D eigenvalue weighted by Crippen LogP contribution is -2.36. The maximum Gasteiger partial charge on any atom is 0.411 e. The van der Waals surface area contributed by atoms with Crippen molar-refractivity contribution in [3.8, 4) is 0 Å². The Morgan fingerprint density at radius 1 is 1.08 bits per heavy atom. The van der Waals surface area contributed by atoms with Crippen LogP contribution in [0.15, 0.2) is 41.8 Å². The highest BCUT2D eigenvalue weighted by molar-refractivity contribution is 7.09. The Bertz CT molecular complexity index is 643. The van der Waals surface area contributed by atoms with Crippen molar-refractivity contribution >= 4 is 17.4 Å². The Hall–Kier alpha value is -2.06. The number of hydrogen-bond acceptors (Lipinski definition) is 3. The number of urea groups is 1. The lowest BCUT2D eigenvalue weighted by Gasteiger charge is -2.09. The van der Waals surface area contributed by atoms with Crippen LogP contribution in [0.4, 0.5) is 18.0 Å². The lowest BCUT2D eigenvalue weighted by atomic mass is 10.1. The first-order valence-corrected chi connectivity index (χ1v) is 8.57. The summed E-state index contributed by atoms with van der Waals surface area (Å²) < 4.78 is 40.6. The molecule has 0 aliphatic rings. The van der Waals surface area contributed by atoms with Gasteiger partial charge in [0.2, 0.25) is 0 Å². The Balaban J connectivity index is 1.64. The average Bonchev–Trinajstić information content (AvgIpc) is 3.06. The van der Waals surface area contributed by atoms with Crippen LogP contribution in [0.3, 0.4) is 0 Å². The zero-order chi connectivity index (χ0) is 18.1. The molecule has 1 aromatic carbocycles. The molecular weight excluding hydrogens is 353 g/mol. The average molecular weight is 372 g/mol. The molecule has 2 rings (SSSR count). The molecule has 0 fully saturated rings. The van der Waals surface area contributed by atoms with E-state index >= 15 is 0 Å². The summed E-state index contributed by atoms with van der Waals surface area (Å²) in [5.41, 5.74) is 1.50. The molecule has 25 heavy (non-hydrogen) atoms. The second-order valence-electron chi connectivity index (χ2n) is 5.36. The third kappa shape index (κ3) is 8.04. The molecule has 8 heteroatoms. The molecule has 0 saturated carbocycles. The summed E-state index contributed by atoms with van der Waals surface area (Å²) in [4.78, 5) is 12.9. The van der Waals surface area contributed by atoms with Crippen LogP contribution in [0.5, 0.6) is 0 Å². The van der Waals surface area contributed by atoms with E-state index in [2.05, 4.69) is 15.4 Å². The van der Waals surface area contributed by atoms with Crippen molar-refractivity contribution in [2.45, 2.75) is 25.7 Å². The Morgan fingerprint density at radius 3 is 2.44 bits per heavy atom. The van der Waals surface area contributed by atoms with E-state index < -0.39 is 12.8 Å². The fourth-order valence-corrected chi connectivity index (χ4v) is 2.75. The van der Waals surface area contributed by atoms with Crippen LogP contribution in [-0.2, 0) is 24.3 Å². The molecule has 1 aromatic heterocycles. The number of carbonyl (C=O) groups excluding carboxylic acids is 1. The highest BCUT2D eigenvalue weighted by Gasteiger charge is 2.27. The number of alkyl halides is 3. The van der Waals surface area contributed by atoms with E-state index in [1.807, 2.05) is 17.5 Å². The molecule has 0 aliphatic carbocycles.